The molecule has 17 heavy (non-hydrogen) atoms. The highest BCUT2D eigenvalue weighted by Crippen LogP contribution is 2.22. The van der Waals surface area contributed by atoms with Crippen LogP contribution in [0.1, 0.15) is 32.4 Å². The SMILES string of the molecule is CC(C)(CCC(=O)NCc1ccco1)C(=O)O. The van der Waals surface area contributed by atoms with Crippen molar-refractivity contribution >= 4 is 11.9 Å². The molecule has 0 atom stereocenters. The molecular formula is C12H17NO4. The smallest absolute Gasteiger partial charge is 0.309 e. The third-order valence-electron chi connectivity index (χ3n) is 2.60. The van der Waals surface area contributed by atoms with Crippen LogP contribution in [0.15, 0.2) is 22.8 Å². The topological polar surface area (TPSA) is 79.5 Å². The molecule has 1 heterocycles. The first kappa shape index (κ1) is 13.3. The standard InChI is InChI=1S/C12H17NO4/c1-12(2,11(15)16)6-5-10(14)13-8-9-4-3-7-17-9/h3-4,7H,5-6,8H2,1-2H3,(H,13,14)(H,15,16). The molecule has 0 saturated carbocycles. The predicted molar refractivity (Wildman–Crippen MR) is 61.2 cm³/mol. The number of rotatable bonds is 6. The Hall–Kier alpha value is -1.78. The lowest BCUT2D eigenvalue weighted by Gasteiger charge is -2.18. The van der Waals surface area contributed by atoms with Crippen molar-refractivity contribution in [3.63, 3.8) is 0 Å². The monoisotopic (exact) mass is 239 g/mol. The third-order valence-corrected chi connectivity index (χ3v) is 2.60. The zero-order valence-corrected chi connectivity index (χ0v) is 10.0. The van der Waals surface area contributed by atoms with Crippen molar-refractivity contribution in [2.24, 2.45) is 5.41 Å². The van der Waals surface area contributed by atoms with Gasteiger partial charge in [-0.05, 0) is 32.4 Å². The number of hydrogen-bond donors (Lipinski definition) is 2. The molecular weight excluding hydrogens is 222 g/mol. The zero-order valence-electron chi connectivity index (χ0n) is 10.0. The minimum atomic E-state index is -0.892. The van der Waals surface area contributed by atoms with Crippen LogP contribution in [-0.4, -0.2) is 17.0 Å². The normalized spacial score (nSPS) is 11.2. The van der Waals surface area contributed by atoms with E-state index in [1.54, 1.807) is 26.0 Å². The predicted octanol–water partition coefficient (Wildman–Crippen LogP) is 1.79. The van der Waals surface area contributed by atoms with E-state index in [1.165, 1.54) is 6.26 Å². The largest absolute Gasteiger partial charge is 0.481 e. The van der Waals surface area contributed by atoms with Crippen LogP contribution in [-0.2, 0) is 16.1 Å². The van der Waals surface area contributed by atoms with Gasteiger partial charge in [0.15, 0.2) is 0 Å². The van der Waals surface area contributed by atoms with Crippen LogP contribution in [0.2, 0.25) is 0 Å². The molecule has 0 aliphatic heterocycles. The Labute approximate surface area is 99.8 Å². The summed E-state index contributed by atoms with van der Waals surface area (Å²) in [5, 5.41) is 11.6. The Morgan fingerprint density at radius 2 is 2.18 bits per heavy atom. The van der Waals surface area contributed by atoms with E-state index in [1.807, 2.05) is 0 Å². The Morgan fingerprint density at radius 3 is 2.71 bits per heavy atom. The average molecular weight is 239 g/mol. The van der Waals surface area contributed by atoms with Crippen molar-refractivity contribution in [3.05, 3.63) is 24.2 Å². The lowest BCUT2D eigenvalue weighted by molar-refractivity contribution is -0.147. The maximum atomic E-state index is 11.5. The highest BCUT2D eigenvalue weighted by Gasteiger charge is 2.27. The first-order valence-corrected chi connectivity index (χ1v) is 5.44. The summed E-state index contributed by atoms with van der Waals surface area (Å²) in [6.45, 7) is 3.55. The molecule has 1 rings (SSSR count). The van der Waals surface area contributed by atoms with Crippen molar-refractivity contribution in [2.45, 2.75) is 33.2 Å². The summed E-state index contributed by atoms with van der Waals surface area (Å²) in [5.74, 6) is -0.386. The summed E-state index contributed by atoms with van der Waals surface area (Å²) in [5.41, 5.74) is -0.873. The van der Waals surface area contributed by atoms with Gasteiger partial charge >= 0.3 is 5.97 Å². The fourth-order valence-electron chi connectivity index (χ4n) is 1.22. The molecule has 0 fully saturated rings. The number of carboxylic acids is 1. The van der Waals surface area contributed by atoms with E-state index < -0.39 is 11.4 Å². The zero-order chi connectivity index (χ0) is 12.9. The van der Waals surface area contributed by atoms with Crippen LogP contribution in [0.25, 0.3) is 0 Å². The molecule has 0 radical (unpaired) electrons. The molecule has 5 nitrogen and oxygen atoms in total. The second-order valence-corrected chi connectivity index (χ2v) is 4.55. The molecule has 5 heteroatoms. The summed E-state index contributed by atoms with van der Waals surface area (Å²) in [6, 6.07) is 3.51. The summed E-state index contributed by atoms with van der Waals surface area (Å²) >= 11 is 0. The number of nitrogens with one attached hydrogen (secondary N) is 1. The van der Waals surface area contributed by atoms with E-state index in [4.69, 9.17) is 9.52 Å². The second-order valence-electron chi connectivity index (χ2n) is 4.55. The maximum Gasteiger partial charge on any atom is 0.309 e. The Kier molecular flexibility index (Phi) is 4.31. The molecule has 1 aromatic rings. The van der Waals surface area contributed by atoms with E-state index in [2.05, 4.69) is 5.32 Å². The van der Waals surface area contributed by atoms with Gasteiger partial charge in [0.1, 0.15) is 5.76 Å². The van der Waals surface area contributed by atoms with Gasteiger partial charge in [0.05, 0.1) is 18.2 Å². The molecule has 0 spiro atoms. The Balaban J connectivity index is 2.28. The first-order chi connectivity index (χ1) is 7.92. The van der Waals surface area contributed by atoms with Gasteiger partial charge in [-0.2, -0.15) is 0 Å². The Bertz CT molecular complexity index is 381. The van der Waals surface area contributed by atoms with E-state index in [-0.39, 0.29) is 12.3 Å². The van der Waals surface area contributed by atoms with Gasteiger partial charge in [0.2, 0.25) is 5.91 Å². The van der Waals surface area contributed by atoms with Crippen molar-refractivity contribution in [3.8, 4) is 0 Å². The summed E-state index contributed by atoms with van der Waals surface area (Å²) < 4.78 is 5.06. The molecule has 0 bridgehead atoms. The number of carbonyl (C=O) groups is 2. The third kappa shape index (κ3) is 4.30. The van der Waals surface area contributed by atoms with Gasteiger partial charge in [-0.15, -0.1) is 0 Å². The number of furan rings is 1. The van der Waals surface area contributed by atoms with Gasteiger partial charge in [-0.3, -0.25) is 9.59 Å². The van der Waals surface area contributed by atoms with Gasteiger partial charge < -0.3 is 14.8 Å². The van der Waals surface area contributed by atoms with Crippen LogP contribution < -0.4 is 5.32 Å². The lowest BCUT2D eigenvalue weighted by Crippen LogP contribution is -2.28. The highest BCUT2D eigenvalue weighted by molar-refractivity contribution is 5.78. The minimum Gasteiger partial charge on any atom is -0.481 e. The van der Waals surface area contributed by atoms with Gasteiger partial charge in [-0.1, -0.05) is 0 Å². The number of carbonyl (C=O) groups excluding carboxylic acids is 1. The van der Waals surface area contributed by atoms with Crippen LogP contribution in [0, 0.1) is 5.41 Å². The van der Waals surface area contributed by atoms with E-state index in [0.29, 0.717) is 18.7 Å². The fourth-order valence-corrected chi connectivity index (χ4v) is 1.22. The van der Waals surface area contributed by atoms with Crippen LogP contribution in [0.3, 0.4) is 0 Å². The van der Waals surface area contributed by atoms with Gasteiger partial charge in [0, 0.05) is 6.42 Å². The molecule has 0 aliphatic carbocycles. The molecule has 0 saturated heterocycles. The second kappa shape index (κ2) is 5.52. The Morgan fingerprint density at radius 1 is 1.47 bits per heavy atom. The average Bonchev–Trinajstić information content (AvgIpc) is 2.76. The minimum absolute atomic E-state index is 0.171. The van der Waals surface area contributed by atoms with Gasteiger partial charge in [-0.25, -0.2) is 0 Å². The molecule has 1 amide bonds. The van der Waals surface area contributed by atoms with Crippen molar-refractivity contribution in [1.29, 1.82) is 0 Å². The summed E-state index contributed by atoms with van der Waals surface area (Å²) in [7, 11) is 0. The lowest BCUT2D eigenvalue weighted by atomic mass is 9.88. The molecule has 2 N–H and O–H groups in total. The number of aliphatic carboxylic acids is 1. The van der Waals surface area contributed by atoms with Crippen LogP contribution in [0.4, 0.5) is 0 Å². The van der Waals surface area contributed by atoms with Crippen molar-refractivity contribution < 1.29 is 19.1 Å². The summed E-state index contributed by atoms with van der Waals surface area (Å²) in [4.78, 5) is 22.3. The molecule has 0 aliphatic rings. The van der Waals surface area contributed by atoms with E-state index in [0.717, 1.165) is 0 Å². The highest BCUT2D eigenvalue weighted by atomic mass is 16.4. The van der Waals surface area contributed by atoms with E-state index in [9.17, 15) is 9.59 Å². The van der Waals surface area contributed by atoms with Crippen LogP contribution >= 0.6 is 0 Å². The quantitative estimate of drug-likeness (QED) is 0.793. The van der Waals surface area contributed by atoms with Gasteiger partial charge in [0.25, 0.3) is 0 Å². The van der Waals surface area contributed by atoms with Crippen molar-refractivity contribution in [1.82, 2.24) is 5.32 Å². The number of hydrogen-bond acceptors (Lipinski definition) is 3. The molecule has 1 aromatic heterocycles. The fraction of sp³-hybridized carbons (Fsp3) is 0.500. The molecule has 94 valence electrons. The van der Waals surface area contributed by atoms with E-state index >= 15 is 0 Å². The number of carboxylic acid groups (broad SMARTS) is 1. The molecule has 0 unspecified atom stereocenters. The number of amides is 1. The summed E-state index contributed by atoms with van der Waals surface area (Å²) in [6.07, 6.45) is 2.04. The maximum absolute atomic E-state index is 11.5. The van der Waals surface area contributed by atoms with Crippen molar-refractivity contribution in [2.75, 3.05) is 0 Å². The first-order valence-electron chi connectivity index (χ1n) is 5.44. The molecule has 0 aromatic carbocycles. The van der Waals surface area contributed by atoms with Crippen LogP contribution in [0.5, 0.6) is 0 Å².